The van der Waals surface area contributed by atoms with Gasteiger partial charge in [-0.3, -0.25) is 9.59 Å². The fourth-order valence-electron chi connectivity index (χ4n) is 3.19. The summed E-state index contributed by atoms with van der Waals surface area (Å²) in [5.74, 6) is -4.11. The number of pyridine rings is 1. The van der Waals surface area contributed by atoms with Crippen LogP contribution in [0.25, 0.3) is 11.3 Å². The Hall–Kier alpha value is -3.93. The molecule has 0 saturated carbocycles. The van der Waals surface area contributed by atoms with Crippen LogP contribution in [0.4, 0.5) is 33.5 Å². The first kappa shape index (κ1) is 25.2. The average molecular weight is 528 g/mol. The Bertz CT molecular complexity index is 1350. The summed E-state index contributed by atoms with van der Waals surface area (Å²) < 4.78 is 79.1. The first-order valence-electron chi connectivity index (χ1n) is 10.2. The number of para-hydroxylation sites is 1. The zero-order chi connectivity index (χ0) is 26.2. The second-order valence-electron chi connectivity index (χ2n) is 7.56. The molecule has 188 valence electrons. The van der Waals surface area contributed by atoms with Crippen molar-refractivity contribution < 1.29 is 41.0 Å². The van der Waals surface area contributed by atoms with Crippen molar-refractivity contribution in [2.45, 2.75) is 19.2 Å². The van der Waals surface area contributed by atoms with Gasteiger partial charge in [0.2, 0.25) is 0 Å². The summed E-state index contributed by atoms with van der Waals surface area (Å²) in [4.78, 5) is 28.5. The number of amides is 2. The van der Waals surface area contributed by atoms with Crippen LogP contribution in [0.2, 0.25) is 5.02 Å². The van der Waals surface area contributed by atoms with Gasteiger partial charge in [0.15, 0.2) is 24.3 Å². The monoisotopic (exact) mass is 527 g/mol. The molecule has 2 N–H and O–H groups in total. The van der Waals surface area contributed by atoms with E-state index in [1.165, 1.54) is 24.3 Å². The van der Waals surface area contributed by atoms with Crippen LogP contribution < -0.4 is 20.1 Å². The summed E-state index contributed by atoms with van der Waals surface area (Å²) in [7, 11) is 0. The van der Waals surface area contributed by atoms with E-state index in [9.17, 15) is 27.2 Å². The molecule has 0 spiro atoms. The molecular weight excluding hydrogens is 513 g/mol. The maximum atomic E-state index is 15.1. The highest BCUT2D eigenvalue weighted by Crippen LogP contribution is 2.36. The molecule has 3 aromatic rings. The molecule has 4 rings (SSSR count). The minimum absolute atomic E-state index is 0.0229. The predicted octanol–water partition coefficient (Wildman–Crippen LogP) is 5.59. The van der Waals surface area contributed by atoms with Crippen LogP contribution >= 0.6 is 11.6 Å². The molecule has 0 aliphatic carbocycles. The van der Waals surface area contributed by atoms with Crippen LogP contribution in [0.1, 0.15) is 17.3 Å². The van der Waals surface area contributed by atoms with Gasteiger partial charge in [-0.1, -0.05) is 17.7 Å². The van der Waals surface area contributed by atoms with Crippen LogP contribution in [0.3, 0.4) is 0 Å². The van der Waals surface area contributed by atoms with E-state index in [1.54, 1.807) is 0 Å². The number of halogens is 6. The van der Waals surface area contributed by atoms with Crippen LogP contribution in [0.15, 0.2) is 42.5 Å². The topological polar surface area (TPSA) is 89.6 Å². The number of carbonyl (C=O) groups is 2. The second kappa shape index (κ2) is 9.61. The van der Waals surface area contributed by atoms with Crippen LogP contribution in [0, 0.1) is 11.6 Å². The molecule has 36 heavy (non-hydrogen) atoms. The van der Waals surface area contributed by atoms with Gasteiger partial charge in [-0.2, -0.15) is 13.2 Å². The maximum Gasteiger partial charge on any atom is 0.425 e. The Morgan fingerprint density at radius 2 is 1.94 bits per heavy atom. The Morgan fingerprint density at radius 3 is 2.64 bits per heavy atom. The zero-order valence-electron chi connectivity index (χ0n) is 18.2. The van der Waals surface area contributed by atoms with E-state index in [2.05, 4.69) is 15.6 Å². The lowest BCUT2D eigenvalue weighted by Crippen LogP contribution is -2.32. The number of ether oxygens (including phenoxy) is 2. The Balaban J connectivity index is 1.78. The van der Waals surface area contributed by atoms with Gasteiger partial charge in [0.25, 0.3) is 11.8 Å². The van der Waals surface area contributed by atoms with Gasteiger partial charge < -0.3 is 20.1 Å². The normalized spacial score (nSPS) is 13.8. The first-order valence-corrected chi connectivity index (χ1v) is 10.6. The fourth-order valence-corrected chi connectivity index (χ4v) is 3.40. The molecule has 7 nitrogen and oxygen atoms in total. The van der Waals surface area contributed by atoms with Gasteiger partial charge in [-0.25, -0.2) is 13.8 Å². The maximum absolute atomic E-state index is 15.1. The summed E-state index contributed by atoms with van der Waals surface area (Å²) in [6, 6.07) is 7.74. The van der Waals surface area contributed by atoms with E-state index < -0.39 is 52.7 Å². The lowest BCUT2D eigenvalue weighted by molar-refractivity contribution is -0.189. The molecule has 1 aliphatic rings. The van der Waals surface area contributed by atoms with Gasteiger partial charge in [-0.05, 0) is 43.3 Å². The molecule has 0 bridgehead atoms. The lowest BCUT2D eigenvalue weighted by Gasteiger charge is -2.21. The van der Waals surface area contributed by atoms with E-state index >= 15 is 4.39 Å². The number of fused-ring (bicyclic) bond motifs is 1. The van der Waals surface area contributed by atoms with Gasteiger partial charge in [-0.15, -0.1) is 0 Å². The van der Waals surface area contributed by atoms with Gasteiger partial charge in [0.1, 0.15) is 17.4 Å². The van der Waals surface area contributed by atoms with Crippen molar-refractivity contribution >= 4 is 34.9 Å². The third kappa shape index (κ3) is 5.18. The van der Waals surface area contributed by atoms with Gasteiger partial charge >= 0.3 is 6.18 Å². The Labute approximate surface area is 205 Å². The van der Waals surface area contributed by atoms with E-state index in [-0.39, 0.29) is 34.5 Å². The van der Waals surface area contributed by atoms with Crippen molar-refractivity contribution in [2.75, 3.05) is 17.2 Å². The minimum Gasteiger partial charge on any atom is -0.480 e. The number of hydrogen-bond donors (Lipinski definition) is 2. The quantitative estimate of drug-likeness (QED) is 0.422. The number of benzene rings is 2. The number of aromatic nitrogens is 1. The van der Waals surface area contributed by atoms with Crippen molar-refractivity contribution in [3.05, 3.63) is 64.7 Å². The van der Waals surface area contributed by atoms with Crippen molar-refractivity contribution in [3.63, 3.8) is 0 Å². The SMILES string of the molecule is C[C@H](Oc1cc(-c2ccc3c(n2)NC(=O)CO3)c(F)cc1C(=O)Nc1c(F)cccc1Cl)C(F)(F)F. The molecule has 2 heterocycles. The highest BCUT2D eigenvalue weighted by Gasteiger charge is 2.39. The van der Waals surface area contributed by atoms with Gasteiger partial charge in [0, 0.05) is 5.56 Å². The number of rotatable bonds is 5. The van der Waals surface area contributed by atoms with Crippen molar-refractivity contribution in [1.82, 2.24) is 4.98 Å². The first-order chi connectivity index (χ1) is 16.9. The number of hydrogen-bond acceptors (Lipinski definition) is 5. The molecule has 1 aromatic heterocycles. The van der Waals surface area contributed by atoms with Crippen molar-refractivity contribution in [1.29, 1.82) is 0 Å². The molecule has 1 atom stereocenters. The average Bonchev–Trinajstić information content (AvgIpc) is 2.81. The highest BCUT2D eigenvalue weighted by atomic mass is 35.5. The lowest BCUT2D eigenvalue weighted by atomic mass is 10.0. The van der Waals surface area contributed by atoms with Crippen LogP contribution in [-0.4, -0.2) is 35.7 Å². The van der Waals surface area contributed by atoms with Gasteiger partial charge in [0.05, 0.1) is 22.0 Å². The minimum atomic E-state index is -4.82. The Morgan fingerprint density at radius 1 is 1.19 bits per heavy atom. The molecule has 0 saturated heterocycles. The van der Waals surface area contributed by atoms with E-state index in [0.29, 0.717) is 13.0 Å². The van der Waals surface area contributed by atoms with Crippen molar-refractivity contribution in [2.24, 2.45) is 0 Å². The summed E-state index contributed by atoms with van der Waals surface area (Å²) in [5, 5.41) is 4.37. The zero-order valence-corrected chi connectivity index (χ0v) is 18.9. The summed E-state index contributed by atoms with van der Waals surface area (Å²) in [5.41, 5.74) is -1.52. The number of anilines is 2. The number of nitrogens with zero attached hydrogens (tertiary/aromatic N) is 1. The van der Waals surface area contributed by atoms with E-state index in [0.717, 1.165) is 12.1 Å². The molecular formula is C23H15ClF5N3O4. The molecule has 0 unspecified atom stereocenters. The number of alkyl halides is 3. The molecule has 1 aliphatic heterocycles. The molecule has 13 heteroatoms. The Kier molecular flexibility index (Phi) is 6.72. The third-order valence-corrected chi connectivity index (χ3v) is 5.35. The molecule has 0 radical (unpaired) electrons. The second-order valence-corrected chi connectivity index (χ2v) is 7.97. The molecule has 2 amide bonds. The predicted molar refractivity (Wildman–Crippen MR) is 119 cm³/mol. The van der Waals surface area contributed by atoms with Crippen LogP contribution in [0.5, 0.6) is 11.5 Å². The molecule has 0 fully saturated rings. The smallest absolute Gasteiger partial charge is 0.425 e. The number of nitrogens with one attached hydrogen (secondary N) is 2. The molecule has 2 aromatic carbocycles. The highest BCUT2D eigenvalue weighted by molar-refractivity contribution is 6.34. The number of carbonyl (C=O) groups excluding carboxylic acids is 2. The van der Waals surface area contributed by atoms with Crippen molar-refractivity contribution in [3.8, 4) is 22.8 Å². The third-order valence-electron chi connectivity index (χ3n) is 5.03. The van der Waals surface area contributed by atoms with E-state index in [1.807, 2.05) is 0 Å². The summed E-state index contributed by atoms with van der Waals surface area (Å²) in [6.45, 7) is 0.452. The van der Waals surface area contributed by atoms with E-state index in [4.69, 9.17) is 21.1 Å². The van der Waals surface area contributed by atoms with Crippen LogP contribution in [-0.2, 0) is 4.79 Å². The fraction of sp³-hybridized carbons (Fsp3) is 0.174. The largest absolute Gasteiger partial charge is 0.480 e. The summed E-state index contributed by atoms with van der Waals surface area (Å²) >= 11 is 5.89. The standard InChI is InChI=1S/C23H15ClF5N3O4/c1-10(23(27,28)29)36-18-8-11(16-5-6-17-21(30-16)31-19(33)9-35-17)15(26)7-12(18)22(34)32-20-13(24)3-2-4-14(20)25/h2-8,10H,9H2,1H3,(H,32,34)(H,30,31,33)/t10-/m0/s1. The summed E-state index contributed by atoms with van der Waals surface area (Å²) in [6.07, 6.45) is -7.20.